The quantitative estimate of drug-likeness (QED) is 0.379. The van der Waals surface area contributed by atoms with E-state index >= 15 is 0 Å². The Kier molecular flexibility index (Phi) is 8.90. The van der Waals surface area contributed by atoms with Gasteiger partial charge in [0.1, 0.15) is 0 Å². The van der Waals surface area contributed by atoms with Gasteiger partial charge in [-0.15, -0.1) is 0 Å². The molecule has 0 fully saturated rings. The van der Waals surface area contributed by atoms with Crippen molar-refractivity contribution in [3.63, 3.8) is 0 Å². The number of rotatable bonds is 6. The smallest absolute Gasteiger partial charge is 0.0448 e. The highest BCUT2D eigenvalue weighted by Gasteiger charge is 2.22. The lowest BCUT2D eigenvalue weighted by atomic mass is 9.90. The van der Waals surface area contributed by atoms with Crippen molar-refractivity contribution in [2.75, 3.05) is 19.8 Å². The molecule has 0 amide bonds. The first-order chi connectivity index (χ1) is 5.18. The highest BCUT2D eigenvalue weighted by molar-refractivity contribution is 4.82. The maximum absolute atomic E-state index is 8.61. The largest absolute Gasteiger partial charge is 0.412 e. The van der Waals surface area contributed by atoms with Crippen LogP contribution in [0.25, 0.3) is 0 Å². The number of aliphatic hydroxyl groups is 3. The van der Waals surface area contributed by atoms with Gasteiger partial charge in [-0.2, -0.15) is 0 Å². The van der Waals surface area contributed by atoms with Gasteiger partial charge in [0.25, 0.3) is 0 Å². The molecule has 7 N–H and O–H groups in total. The fraction of sp³-hybridized carbons (Fsp3) is 1.00. The monoisotopic (exact) mass is 181 g/mol. The summed E-state index contributed by atoms with van der Waals surface area (Å²) < 4.78 is 0. The lowest BCUT2D eigenvalue weighted by Crippen LogP contribution is -2.42. The van der Waals surface area contributed by atoms with Crippen molar-refractivity contribution in [1.82, 2.24) is 0 Å². The van der Waals surface area contributed by atoms with Crippen molar-refractivity contribution in [2.45, 2.75) is 24.8 Å². The van der Waals surface area contributed by atoms with E-state index in [1.165, 1.54) is 0 Å². The zero-order valence-electron chi connectivity index (χ0n) is 7.16. The first-order valence-corrected chi connectivity index (χ1v) is 3.80. The highest BCUT2D eigenvalue weighted by atomic mass is 16.3. The molecule has 0 saturated carbocycles. The van der Waals surface area contributed by atoms with Crippen LogP contribution in [-0.2, 0) is 0 Å². The summed E-state index contributed by atoms with van der Waals surface area (Å²) in [5, 5.41) is 25.8. The summed E-state index contributed by atoms with van der Waals surface area (Å²) >= 11 is 0. The molecule has 0 heterocycles. The Balaban J connectivity index is 0. The minimum atomic E-state index is -0.599. The Labute approximate surface area is 72.1 Å². The van der Waals surface area contributed by atoms with E-state index < -0.39 is 5.54 Å². The van der Waals surface area contributed by atoms with E-state index in [4.69, 9.17) is 21.1 Å². The Bertz CT molecular complexity index is 82.4. The second kappa shape index (κ2) is 7.45. The van der Waals surface area contributed by atoms with Gasteiger partial charge in [0.2, 0.25) is 0 Å². The van der Waals surface area contributed by atoms with Gasteiger partial charge >= 0.3 is 0 Å². The first kappa shape index (κ1) is 14.3. The number of aliphatic hydroxyl groups excluding tert-OH is 3. The van der Waals surface area contributed by atoms with E-state index in [0.29, 0.717) is 19.3 Å². The fourth-order valence-electron chi connectivity index (χ4n) is 1.04. The van der Waals surface area contributed by atoms with Crippen LogP contribution in [0.15, 0.2) is 0 Å². The number of hydrogen-bond donors (Lipinski definition) is 4. The average molecular weight is 181 g/mol. The molecule has 76 valence electrons. The summed E-state index contributed by atoms with van der Waals surface area (Å²) in [5.74, 6) is 0. The molecule has 0 rings (SSSR count). The molecular weight excluding hydrogens is 162 g/mol. The van der Waals surface area contributed by atoms with Crippen molar-refractivity contribution in [3.8, 4) is 0 Å². The van der Waals surface area contributed by atoms with Gasteiger partial charge in [-0.05, 0) is 19.3 Å². The molecule has 0 atom stereocenters. The number of nitrogens with two attached hydrogens (primary N) is 1. The molecule has 0 aliphatic rings. The minimum absolute atomic E-state index is 0. The van der Waals surface area contributed by atoms with Gasteiger partial charge < -0.3 is 26.5 Å². The maximum Gasteiger partial charge on any atom is 0.0448 e. The predicted molar refractivity (Wildman–Crippen MR) is 45.6 cm³/mol. The van der Waals surface area contributed by atoms with Crippen molar-refractivity contribution >= 4 is 0 Å². The van der Waals surface area contributed by atoms with Crippen LogP contribution in [0.1, 0.15) is 19.3 Å². The first-order valence-electron chi connectivity index (χ1n) is 3.80. The molecule has 0 unspecified atom stereocenters. The van der Waals surface area contributed by atoms with Crippen molar-refractivity contribution < 1.29 is 20.8 Å². The topological polar surface area (TPSA) is 118 Å². The van der Waals surface area contributed by atoms with Crippen LogP contribution in [0, 0.1) is 0 Å². The van der Waals surface area contributed by atoms with Crippen molar-refractivity contribution in [2.24, 2.45) is 5.73 Å². The SMILES string of the molecule is NC(CCO)(CCO)CCO.O. The summed E-state index contributed by atoms with van der Waals surface area (Å²) in [4.78, 5) is 0. The van der Waals surface area contributed by atoms with Gasteiger partial charge in [-0.3, -0.25) is 0 Å². The van der Waals surface area contributed by atoms with E-state index in [2.05, 4.69) is 0 Å². The molecule has 0 spiro atoms. The Morgan fingerprint density at radius 3 is 1.25 bits per heavy atom. The number of hydrogen-bond acceptors (Lipinski definition) is 4. The molecule has 5 heteroatoms. The van der Waals surface area contributed by atoms with Gasteiger partial charge in [-0.1, -0.05) is 0 Å². The standard InChI is InChI=1S/C7H17NO3.H2O/c8-7(1-4-9,2-5-10)3-6-11;/h9-11H,1-6,8H2;1H2. The third kappa shape index (κ3) is 5.45. The van der Waals surface area contributed by atoms with Crippen LogP contribution >= 0.6 is 0 Å². The molecule has 0 aromatic rings. The van der Waals surface area contributed by atoms with E-state index in [1.807, 2.05) is 0 Å². The molecule has 0 aromatic carbocycles. The Morgan fingerprint density at radius 2 is 1.08 bits per heavy atom. The van der Waals surface area contributed by atoms with Crippen LogP contribution < -0.4 is 5.73 Å². The second-order valence-corrected chi connectivity index (χ2v) is 2.78. The van der Waals surface area contributed by atoms with Crippen molar-refractivity contribution in [1.29, 1.82) is 0 Å². The maximum atomic E-state index is 8.61. The third-order valence-electron chi connectivity index (χ3n) is 1.83. The lowest BCUT2D eigenvalue weighted by molar-refractivity contribution is 0.160. The zero-order valence-corrected chi connectivity index (χ0v) is 7.16. The predicted octanol–water partition coefficient (Wildman–Crippen LogP) is -1.99. The molecule has 12 heavy (non-hydrogen) atoms. The summed E-state index contributed by atoms with van der Waals surface area (Å²) in [6.45, 7) is -0.0104. The molecule has 0 aromatic heterocycles. The van der Waals surface area contributed by atoms with Gasteiger partial charge in [-0.25, -0.2) is 0 Å². The van der Waals surface area contributed by atoms with Crippen LogP contribution in [0.3, 0.4) is 0 Å². The normalized spacial score (nSPS) is 11.0. The van der Waals surface area contributed by atoms with E-state index in [1.54, 1.807) is 0 Å². The van der Waals surface area contributed by atoms with E-state index in [0.717, 1.165) is 0 Å². The van der Waals surface area contributed by atoms with Gasteiger partial charge in [0.15, 0.2) is 0 Å². The second-order valence-electron chi connectivity index (χ2n) is 2.78. The van der Waals surface area contributed by atoms with E-state index in [9.17, 15) is 0 Å². The minimum Gasteiger partial charge on any atom is -0.412 e. The Morgan fingerprint density at radius 1 is 0.833 bits per heavy atom. The van der Waals surface area contributed by atoms with Gasteiger partial charge in [0, 0.05) is 25.4 Å². The highest BCUT2D eigenvalue weighted by Crippen LogP contribution is 2.15. The fourth-order valence-corrected chi connectivity index (χ4v) is 1.04. The Hall–Kier alpha value is -0.200. The van der Waals surface area contributed by atoms with Crippen LogP contribution in [0.4, 0.5) is 0 Å². The summed E-state index contributed by atoms with van der Waals surface area (Å²) in [6.07, 6.45) is 1.27. The molecule has 0 aliphatic heterocycles. The summed E-state index contributed by atoms with van der Waals surface area (Å²) in [5.41, 5.74) is 5.15. The van der Waals surface area contributed by atoms with Crippen LogP contribution in [0.2, 0.25) is 0 Å². The average Bonchev–Trinajstić information content (AvgIpc) is 1.88. The van der Waals surface area contributed by atoms with E-state index in [-0.39, 0.29) is 25.3 Å². The van der Waals surface area contributed by atoms with Crippen LogP contribution in [-0.4, -0.2) is 46.2 Å². The summed E-state index contributed by atoms with van der Waals surface area (Å²) in [6, 6.07) is 0. The van der Waals surface area contributed by atoms with Crippen LogP contribution in [0.5, 0.6) is 0 Å². The third-order valence-corrected chi connectivity index (χ3v) is 1.83. The lowest BCUT2D eigenvalue weighted by Gasteiger charge is -2.26. The van der Waals surface area contributed by atoms with Crippen molar-refractivity contribution in [3.05, 3.63) is 0 Å². The van der Waals surface area contributed by atoms with Gasteiger partial charge in [0.05, 0.1) is 0 Å². The molecule has 5 nitrogen and oxygen atoms in total. The zero-order chi connectivity index (χ0) is 8.74. The molecule has 0 radical (unpaired) electrons. The molecule has 0 saturated heterocycles. The molecule has 0 bridgehead atoms. The molecular formula is C7H19NO4. The summed E-state index contributed by atoms with van der Waals surface area (Å²) in [7, 11) is 0. The molecule has 0 aliphatic carbocycles.